The van der Waals surface area contributed by atoms with E-state index in [1.807, 2.05) is 6.07 Å². The highest BCUT2D eigenvalue weighted by atomic mass is 16.5. The number of aromatic nitrogens is 1. The first-order valence-corrected chi connectivity index (χ1v) is 9.82. The Balaban J connectivity index is 1.42. The van der Waals surface area contributed by atoms with E-state index in [0.29, 0.717) is 31.3 Å². The van der Waals surface area contributed by atoms with Crippen LogP contribution in [-0.4, -0.2) is 53.2 Å². The van der Waals surface area contributed by atoms with Crippen molar-refractivity contribution in [2.45, 2.75) is 51.4 Å². The molecule has 8 nitrogen and oxygen atoms in total. The SMILES string of the molecule is CC(C)Cc1cc(CNC(=O)C2C3CC[C@@]4(CN(CCN)C(=O)C24)O3)on1. The fourth-order valence-corrected chi connectivity index (χ4v) is 4.93. The lowest BCUT2D eigenvalue weighted by Gasteiger charge is -2.26. The number of nitrogens with two attached hydrogens (primary N) is 1. The maximum absolute atomic E-state index is 12.9. The third-order valence-electron chi connectivity index (χ3n) is 5.96. The molecule has 3 N–H and O–H groups in total. The van der Waals surface area contributed by atoms with Crippen LogP contribution in [0.25, 0.3) is 0 Å². The minimum atomic E-state index is -0.504. The molecule has 0 aliphatic carbocycles. The van der Waals surface area contributed by atoms with E-state index in [0.717, 1.165) is 25.0 Å². The van der Waals surface area contributed by atoms with Crippen LogP contribution in [0.5, 0.6) is 0 Å². The van der Waals surface area contributed by atoms with E-state index in [4.69, 9.17) is 15.0 Å². The topological polar surface area (TPSA) is 111 Å². The molecule has 3 saturated heterocycles. The van der Waals surface area contributed by atoms with E-state index in [9.17, 15) is 9.59 Å². The third kappa shape index (κ3) is 3.14. The molecule has 2 amide bonds. The number of hydrogen-bond acceptors (Lipinski definition) is 6. The van der Waals surface area contributed by atoms with E-state index >= 15 is 0 Å². The molecule has 27 heavy (non-hydrogen) atoms. The normalized spacial score (nSPS) is 31.8. The van der Waals surface area contributed by atoms with Crippen molar-refractivity contribution in [3.05, 3.63) is 17.5 Å². The number of amides is 2. The minimum absolute atomic E-state index is 0.00156. The maximum atomic E-state index is 12.9. The molecule has 1 aromatic rings. The Morgan fingerprint density at radius 2 is 2.33 bits per heavy atom. The zero-order valence-electron chi connectivity index (χ0n) is 15.9. The second-order valence-electron chi connectivity index (χ2n) is 8.41. The molecule has 8 heteroatoms. The summed E-state index contributed by atoms with van der Waals surface area (Å²) in [6, 6.07) is 1.88. The molecule has 3 unspecified atom stereocenters. The Hall–Kier alpha value is -1.93. The van der Waals surface area contributed by atoms with E-state index in [1.165, 1.54) is 0 Å². The van der Waals surface area contributed by atoms with Crippen molar-refractivity contribution >= 4 is 11.8 Å². The summed E-state index contributed by atoms with van der Waals surface area (Å²) < 4.78 is 11.5. The van der Waals surface area contributed by atoms with Gasteiger partial charge in [0.25, 0.3) is 0 Å². The van der Waals surface area contributed by atoms with Crippen molar-refractivity contribution < 1.29 is 18.8 Å². The first-order valence-electron chi connectivity index (χ1n) is 9.82. The minimum Gasteiger partial charge on any atom is -0.368 e. The van der Waals surface area contributed by atoms with E-state index < -0.39 is 17.4 Å². The molecule has 1 aromatic heterocycles. The number of fused-ring (bicyclic) bond motifs is 1. The fraction of sp³-hybridized carbons (Fsp3) is 0.737. The quantitative estimate of drug-likeness (QED) is 0.715. The molecule has 148 valence electrons. The molecule has 0 aromatic carbocycles. The molecular weight excluding hydrogens is 348 g/mol. The highest BCUT2D eigenvalue weighted by Crippen LogP contribution is 2.55. The van der Waals surface area contributed by atoms with E-state index in [-0.39, 0.29) is 24.5 Å². The zero-order chi connectivity index (χ0) is 19.2. The number of rotatable bonds is 7. The van der Waals surface area contributed by atoms with Crippen molar-refractivity contribution in [2.24, 2.45) is 23.5 Å². The number of nitrogens with one attached hydrogen (secondary N) is 1. The highest BCUT2D eigenvalue weighted by Gasteiger charge is 2.68. The predicted molar refractivity (Wildman–Crippen MR) is 96.3 cm³/mol. The van der Waals surface area contributed by atoms with Gasteiger partial charge >= 0.3 is 0 Å². The largest absolute Gasteiger partial charge is 0.368 e. The average Bonchev–Trinajstić information content (AvgIpc) is 3.35. The summed E-state index contributed by atoms with van der Waals surface area (Å²) >= 11 is 0. The summed E-state index contributed by atoms with van der Waals surface area (Å²) in [6.45, 7) is 5.98. The number of hydrogen-bond donors (Lipinski definition) is 2. The Kier molecular flexibility index (Phi) is 4.71. The highest BCUT2D eigenvalue weighted by molar-refractivity contribution is 5.92. The molecule has 0 radical (unpaired) electrons. The van der Waals surface area contributed by atoms with Gasteiger partial charge in [-0.15, -0.1) is 0 Å². The first-order chi connectivity index (χ1) is 12.9. The smallest absolute Gasteiger partial charge is 0.229 e. The van der Waals surface area contributed by atoms with Crippen molar-refractivity contribution in [1.82, 2.24) is 15.4 Å². The molecule has 2 bridgehead atoms. The lowest BCUT2D eigenvalue weighted by molar-refractivity contribution is -0.138. The Bertz CT molecular complexity index is 733. The van der Waals surface area contributed by atoms with Crippen LogP contribution in [0.4, 0.5) is 0 Å². The van der Waals surface area contributed by atoms with Crippen LogP contribution in [0.2, 0.25) is 0 Å². The van der Waals surface area contributed by atoms with Gasteiger partial charge in [0.15, 0.2) is 5.76 Å². The summed E-state index contributed by atoms with van der Waals surface area (Å²) in [6.07, 6.45) is 2.32. The summed E-state index contributed by atoms with van der Waals surface area (Å²) in [4.78, 5) is 27.5. The van der Waals surface area contributed by atoms with Gasteiger partial charge in [-0.3, -0.25) is 9.59 Å². The van der Waals surface area contributed by atoms with Gasteiger partial charge in [0.2, 0.25) is 11.8 Å². The predicted octanol–water partition coefficient (Wildman–Crippen LogP) is 0.454. The average molecular weight is 376 g/mol. The number of carbonyl (C=O) groups is 2. The van der Waals surface area contributed by atoms with Gasteiger partial charge in [-0.2, -0.15) is 0 Å². The number of carbonyl (C=O) groups excluding carboxylic acids is 2. The lowest BCUT2D eigenvalue weighted by Crippen LogP contribution is -2.45. The van der Waals surface area contributed by atoms with Gasteiger partial charge in [0.1, 0.15) is 0 Å². The molecular formula is C19H28N4O4. The van der Waals surface area contributed by atoms with Crippen LogP contribution < -0.4 is 11.1 Å². The Labute approximate surface area is 158 Å². The van der Waals surface area contributed by atoms with Gasteiger partial charge in [-0.25, -0.2) is 0 Å². The monoisotopic (exact) mass is 376 g/mol. The molecule has 3 fully saturated rings. The van der Waals surface area contributed by atoms with Gasteiger partial charge < -0.3 is 25.2 Å². The number of ether oxygens (including phenoxy) is 1. The standard InChI is InChI=1S/C19H28N4O4/c1-11(2)7-12-8-13(27-22-12)9-21-17(24)15-14-3-4-19(26-14)10-23(6-5-20)18(25)16(15)19/h8,11,14-16H,3-7,9-10,20H2,1-2H3,(H,21,24)/t14?,15?,16?,19-/m0/s1. The summed E-state index contributed by atoms with van der Waals surface area (Å²) in [7, 11) is 0. The van der Waals surface area contributed by atoms with Crippen LogP contribution in [0.15, 0.2) is 10.6 Å². The second kappa shape index (κ2) is 6.91. The van der Waals surface area contributed by atoms with Crippen molar-refractivity contribution in [3.8, 4) is 0 Å². The van der Waals surface area contributed by atoms with Crippen molar-refractivity contribution in [2.75, 3.05) is 19.6 Å². The van der Waals surface area contributed by atoms with Gasteiger partial charge in [0.05, 0.1) is 42.3 Å². The molecule has 3 aliphatic rings. The molecule has 4 heterocycles. The second-order valence-corrected chi connectivity index (χ2v) is 8.41. The fourth-order valence-electron chi connectivity index (χ4n) is 4.93. The van der Waals surface area contributed by atoms with Crippen molar-refractivity contribution in [1.29, 1.82) is 0 Å². The van der Waals surface area contributed by atoms with Gasteiger partial charge in [-0.05, 0) is 25.2 Å². The summed E-state index contributed by atoms with van der Waals surface area (Å²) in [5.41, 5.74) is 6.01. The summed E-state index contributed by atoms with van der Waals surface area (Å²) in [5, 5.41) is 6.96. The van der Waals surface area contributed by atoms with Crippen LogP contribution in [-0.2, 0) is 27.3 Å². The van der Waals surface area contributed by atoms with E-state index in [2.05, 4.69) is 24.3 Å². The molecule has 1 spiro atoms. The van der Waals surface area contributed by atoms with Crippen molar-refractivity contribution in [3.63, 3.8) is 0 Å². The Morgan fingerprint density at radius 3 is 3.07 bits per heavy atom. The van der Waals surface area contributed by atoms with Crippen LogP contribution in [0, 0.1) is 17.8 Å². The molecule has 4 rings (SSSR count). The van der Waals surface area contributed by atoms with Crippen LogP contribution in [0.1, 0.15) is 38.1 Å². The number of likely N-dealkylation sites (tertiary alicyclic amines) is 1. The van der Waals surface area contributed by atoms with Crippen LogP contribution in [0.3, 0.4) is 0 Å². The first kappa shape index (κ1) is 18.4. The van der Waals surface area contributed by atoms with Gasteiger partial charge in [0, 0.05) is 19.2 Å². The van der Waals surface area contributed by atoms with Gasteiger partial charge in [-0.1, -0.05) is 19.0 Å². The molecule has 3 aliphatic heterocycles. The number of nitrogens with zero attached hydrogens (tertiary/aromatic N) is 2. The zero-order valence-corrected chi connectivity index (χ0v) is 15.9. The lowest BCUT2D eigenvalue weighted by atomic mass is 9.73. The summed E-state index contributed by atoms with van der Waals surface area (Å²) in [5.74, 6) is 0.143. The molecule has 0 saturated carbocycles. The maximum Gasteiger partial charge on any atom is 0.229 e. The molecule has 4 atom stereocenters. The van der Waals surface area contributed by atoms with Crippen LogP contribution >= 0.6 is 0 Å². The third-order valence-corrected chi connectivity index (χ3v) is 5.96. The van der Waals surface area contributed by atoms with E-state index in [1.54, 1.807) is 4.90 Å². The Morgan fingerprint density at radius 1 is 1.52 bits per heavy atom.